The van der Waals surface area contributed by atoms with Crippen LogP contribution in [0.2, 0.25) is 0 Å². The minimum Gasteiger partial charge on any atom is -0.492 e. The standard InChI is InChI=1S/C14H24N2O/c1-5-16(6-2)11-12-17-14-9-7-13(8-10-14)15(3)4/h7-10H,5-6,11-12H2,1-4H3. The minimum absolute atomic E-state index is 0.753. The van der Waals surface area contributed by atoms with Gasteiger partial charge in [0.2, 0.25) is 0 Å². The van der Waals surface area contributed by atoms with Gasteiger partial charge in [-0.05, 0) is 37.4 Å². The molecule has 0 radical (unpaired) electrons. The lowest BCUT2D eigenvalue weighted by Gasteiger charge is -2.18. The fourth-order valence-electron chi connectivity index (χ4n) is 1.67. The van der Waals surface area contributed by atoms with E-state index in [9.17, 15) is 0 Å². The number of rotatable bonds is 7. The largest absolute Gasteiger partial charge is 0.492 e. The van der Waals surface area contributed by atoms with Crippen molar-refractivity contribution in [1.29, 1.82) is 0 Å². The van der Waals surface area contributed by atoms with E-state index in [0.717, 1.165) is 32.0 Å². The molecule has 0 heterocycles. The fourth-order valence-corrected chi connectivity index (χ4v) is 1.67. The maximum atomic E-state index is 5.71. The van der Waals surface area contributed by atoms with E-state index < -0.39 is 0 Å². The lowest BCUT2D eigenvalue weighted by molar-refractivity contribution is 0.223. The van der Waals surface area contributed by atoms with E-state index in [0.29, 0.717) is 0 Å². The van der Waals surface area contributed by atoms with E-state index in [2.05, 4.69) is 35.8 Å². The number of benzene rings is 1. The van der Waals surface area contributed by atoms with Crippen LogP contribution in [-0.2, 0) is 0 Å². The lowest BCUT2D eigenvalue weighted by atomic mass is 10.3. The molecule has 0 saturated carbocycles. The second-order valence-corrected chi connectivity index (χ2v) is 4.26. The Hall–Kier alpha value is -1.22. The molecule has 0 saturated heterocycles. The van der Waals surface area contributed by atoms with Gasteiger partial charge in [-0.1, -0.05) is 13.8 Å². The van der Waals surface area contributed by atoms with Gasteiger partial charge < -0.3 is 14.5 Å². The van der Waals surface area contributed by atoms with Crippen molar-refractivity contribution in [3.05, 3.63) is 24.3 Å². The third-order valence-electron chi connectivity index (χ3n) is 2.92. The number of hydrogen-bond acceptors (Lipinski definition) is 3. The molecule has 1 rings (SSSR count). The molecule has 0 aromatic heterocycles. The summed E-state index contributed by atoms with van der Waals surface area (Å²) < 4.78 is 5.71. The third kappa shape index (κ3) is 4.65. The van der Waals surface area contributed by atoms with Crippen molar-refractivity contribution in [2.45, 2.75) is 13.8 Å². The van der Waals surface area contributed by atoms with Gasteiger partial charge >= 0.3 is 0 Å². The Bertz CT molecular complexity index is 305. The van der Waals surface area contributed by atoms with Gasteiger partial charge in [-0.25, -0.2) is 0 Å². The molecule has 0 aliphatic heterocycles. The maximum Gasteiger partial charge on any atom is 0.119 e. The number of likely N-dealkylation sites (N-methyl/N-ethyl adjacent to an activating group) is 1. The molecular formula is C14H24N2O. The molecule has 0 unspecified atom stereocenters. The van der Waals surface area contributed by atoms with Crippen LogP contribution in [0.4, 0.5) is 5.69 Å². The number of ether oxygens (including phenoxy) is 1. The Morgan fingerprint density at radius 1 is 1.00 bits per heavy atom. The second-order valence-electron chi connectivity index (χ2n) is 4.26. The number of hydrogen-bond donors (Lipinski definition) is 0. The van der Waals surface area contributed by atoms with Crippen molar-refractivity contribution >= 4 is 5.69 Å². The normalized spacial score (nSPS) is 10.6. The highest BCUT2D eigenvalue weighted by Crippen LogP contribution is 2.17. The van der Waals surface area contributed by atoms with Crippen molar-refractivity contribution in [2.75, 3.05) is 45.2 Å². The first-order valence-electron chi connectivity index (χ1n) is 6.30. The molecule has 0 spiro atoms. The molecule has 0 N–H and O–H groups in total. The van der Waals surface area contributed by atoms with Crippen LogP contribution in [0.1, 0.15) is 13.8 Å². The zero-order chi connectivity index (χ0) is 12.7. The average molecular weight is 236 g/mol. The smallest absolute Gasteiger partial charge is 0.119 e. The second kappa shape index (κ2) is 7.17. The maximum absolute atomic E-state index is 5.71. The first-order valence-corrected chi connectivity index (χ1v) is 6.30. The summed E-state index contributed by atoms with van der Waals surface area (Å²) in [6, 6.07) is 8.20. The van der Waals surface area contributed by atoms with Crippen LogP contribution in [0.5, 0.6) is 5.75 Å². The molecule has 0 aliphatic carbocycles. The minimum atomic E-state index is 0.753. The highest BCUT2D eigenvalue weighted by Gasteiger charge is 2.00. The van der Waals surface area contributed by atoms with Gasteiger partial charge in [0.25, 0.3) is 0 Å². The molecular weight excluding hydrogens is 212 g/mol. The Balaban J connectivity index is 2.37. The molecule has 0 bridgehead atoms. The van der Waals surface area contributed by atoms with E-state index in [4.69, 9.17) is 4.74 Å². The quantitative estimate of drug-likeness (QED) is 0.723. The van der Waals surface area contributed by atoms with Gasteiger partial charge in [0, 0.05) is 26.3 Å². The summed E-state index contributed by atoms with van der Waals surface area (Å²) in [6.07, 6.45) is 0. The van der Waals surface area contributed by atoms with E-state index in [1.807, 2.05) is 26.2 Å². The van der Waals surface area contributed by atoms with Gasteiger partial charge in [-0.3, -0.25) is 0 Å². The monoisotopic (exact) mass is 236 g/mol. The average Bonchev–Trinajstić information content (AvgIpc) is 2.35. The summed E-state index contributed by atoms with van der Waals surface area (Å²) in [7, 11) is 4.08. The Labute approximate surface area is 105 Å². The van der Waals surface area contributed by atoms with Crippen LogP contribution in [0.3, 0.4) is 0 Å². The summed E-state index contributed by atoms with van der Waals surface area (Å²) in [5.74, 6) is 0.947. The van der Waals surface area contributed by atoms with Gasteiger partial charge in [-0.2, -0.15) is 0 Å². The zero-order valence-corrected chi connectivity index (χ0v) is 11.4. The van der Waals surface area contributed by atoms with Gasteiger partial charge in [0.05, 0.1) is 0 Å². The summed E-state index contributed by atoms with van der Waals surface area (Å²) in [6.45, 7) is 8.26. The van der Waals surface area contributed by atoms with Crippen molar-refractivity contribution < 1.29 is 4.74 Å². The molecule has 0 atom stereocenters. The Morgan fingerprint density at radius 3 is 2.06 bits per heavy atom. The predicted octanol–water partition coefficient (Wildman–Crippen LogP) is 2.47. The molecule has 1 aromatic rings. The highest BCUT2D eigenvalue weighted by molar-refractivity contribution is 5.47. The number of nitrogens with zero attached hydrogens (tertiary/aromatic N) is 2. The molecule has 96 valence electrons. The van der Waals surface area contributed by atoms with Crippen molar-refractivity contribution in [3.8, 4) is 5.75 Å². The molecule has 3 heteroatoms. The molecule has 3 nitrogen and oxygen atoms in total. The Morgan fingerprint density at radius 2 is 1.59 bits per heavy atom. The van der Waals surface area contributed by atoms with Crippen LogP contribution in [0, 0.1) is 0 Å². The molecule has 0 amide bonds. The molecule has 0 aliphatic rings. The van der Waals surface area contributed by atoms with Crippen LogP contribution >= 0.6 is 0 Å². The third-order valence-corrected chi connectivity index (χ3v) is 2.92. The zero-order valence-electron chi connectivity index (χ0n) is 11.4. The summed E-state index contributed by atoms with van der Waals surface area (Å²) >= 11 is 0. The van der Waals surface area contributed by atoms with Gasteiger partial charge in [0.1, 0.15) is 12.4 Å². The van der Waals surface area contributed by atoms with Gasteiger partial charge in [0.15, 0.2) is 0 Å². The fraction of sp³-hybridized carbons (Fsp3) is 0.571. The van der Waals surface area contributed by atoms with Crippen LogP contribution in [0.25, 0.3) is 0 Å². The van der Waals surface area contributed by atoms with E-state index in [1.54, 1.807) is 0 Å². The lowest BCUT2D eigenvalue weighted by Crippen LogP contribution is -2.27. The van der Waals surface area contributed by atoms with Crippen molar-refractivity contribution in [3.63, 3.8) is 0 Å². The Kier molecular flexibility index (Phi) is 5.84. The highest BCUT2D eigenvalue weighted by atomic mass is 16.5. The van der Waals surface area contributed by atoms with Crippen LogP contribution in [-0.4, -0.2) is 45.2 Å². The van der Waals surface area contributed by atoms with Gasteiger partial charge in [-0.15, -0.1) is 0 Å². The first kappa shape index (κ1) is 13.8. The predicted molar refractivity (Wildman–Crippen MR) is 74.1 cm³/mol. The molecule has 1 aromatic carbocycles. The summed E-state index contributed by atoms with van der Waals surface area (Å²) in [5.41, 5.74) is 1.20. The SMILES string of the molecule is CCN(CC)CCOc1ccc(N(C)C)cc1. The van der Waals surface area contributed by atoms with E-state index >= 15 is 0 Å². The van der Waals surface area contributed by atoms with Crippen LogP contribution in [0.15, 0.2) is 24.3 Å². The van der Waals surface area contributed by atoms with Crippen molar-refractivity contribution in [1.82, 2.24) is 4.90 Å². The molecule has 0 fully saturated rings. The number of anilines is 1. The first-order chi connectivity index (χ1) is 8.17. The topological polar surface area (TPSA) is 15.7 Å². The summed E-state index contributed by atoms with van der Waals surface area (Å²) in [4.78, 5) is 4.44. The van der Waals surface area contributed by atoms with Crippen molar-refractivity contribution in [2.24, 2.45) is 0 Å². The van der Waals surface area contributed by atoms with Crippen LogP contribution < -0.4 is 9.64 Å². The molecule has 17 heavy (non-hydrogen) atoms. The van der Waals surface area contributed by atoms with E-state index in [1.165, 1.54) is 5.69 Å². The summed E-state index contributed by atoms with van der Waals surface area (Å²) in [5, 5.41) is 0. The van der Waals surface area contributed by atoms with E-state index in [-0.39, 0.29) is 0 Å².